The fraction of sp³-hybridized carbons (Fsp3) is 0.364. The van der Waals surface area contributed by atoms with Gasteiger partial charge in [0.2, 0.25) is 0 Å². The van der Waals surface area contributed by atoms with Crippen LogP contribution >= 0.6 is 0 Å². The Kier molecular flexibility index (Phi) is 7.08. The van der Waals surface area contributed by atoms with E-state index in [-0.39, 0.29) is 24.7 Å². The maximum Gasteiger partial charge on any atom is 0.407 e. The first kappa shape index (κ1) is 20.7. The standard InChI is InChI=1S/C22H26N2O5/c1-27-20-14-24(18-10-6-9-17(13-18)21(25)28-2)12-11-19(20)23-22(26)29-15-16-7-4-3-5-8-16/h3-10,13,19-20H,11-12,14-15H2,1-2H3,(H,23,26). The number of esters is 1. The molecule has 1 fully saturated rings. The Balaban J connectivity index is 1.56. The van der Waals surface area contributed by atoms with Gasteiger partial charge in [0.15, 0.2) is 0 Å². The number of carbonyl (C=O) groups excluding carboxylic acids is 2. The van der Waals surface area contributed by atoms with Crippen molar-refractivity contribution in [3.05, 3.63) is 65.7 Å². The second kappa shape index (κ2) is 9.93. The van der Waals surface area contributed by atoms with Crippen molar-refractivity contribution in [3.8, 4) is 0 Å². The molecule has 0 saturated carbocycles. The van der Waals surface area contributed by atoms with Crippen LogP contribution in [-0.2, 0) is 20.8 Å². The van der Waals surface area contributed by atoms with E-state index >= 15 is 0 Å². The molecule has 154 valence electrons. The summed E-state index contributed by atoms with van der Waals surface area (Å²) in [6.07, 6.45) is 0.0401. The second-order valence-electron chi connectivity index (χ2n) is 6.86. The molecule has 1 saturated heterocycles. The number of rotatable bonds is 6. The zero-order valence-electron chi connectivity index (χ0n) is 16.7. The molecular formula is C22H26N2O5. The molecule has 3 rings (SSSR count). The van der Waals surface area contributed by atoms with E-state index in [0.29, 0.717) is 25.1 Å². The number of methoxy groups -OCH3 is 2. The third-order valence-electron chi connectivity index (χ3n) is 5.01. The van der Waals surface area contributed by atoms with Gasteiger partial charge in [-0.1, -0.05) is 36.4 Å². The van der Waals surface area contributed by atoms with Crippen LogP contribution in [0.2, 0.25) is 0 Å². The fourth-order valence-electron chi connectivity index (χ4n) is 3.42. The van der Waals surface area contributed by atoms with E-state index in [9.17, 15) is 9.59 Å². The van der Waals surface area contributed by atoms with Gasteiger partial charge in [0, 0.05) is 25.9 Å². The van der Waals surface area contributed by atoms with Gasteiger partial charge in [0.25, 0.3) is 0 Å². The Morgan fingerprint density at radius 2 is 1.90 bits per heavy atom. The smallest absolute Gasteiger partial charge is 0.407 e. The number of alkyl carbamates (subject to hydrolysis) is 1. The van der Waals surface area contributed by atoms with Crippen LogP contribution in [-0.4, -0.2) is 51.5 Å². The molecule has 1 N–H and O–H groups in total. The summed E-state index contributed by atoms with van der Waals surface area (Å²) in [5.41, 5.74) is 2.36. The number of hydrogen-bond acceptors (Lipinski definition) is 6. The summed E-state index contributed by atoms with van der Waals surface area (Å²) in [6.45, 7) is 1.53. The van der Waals surface area contributed by atoms with Gasteiger partial charge >= 0.3 is 12.1 Å². The van der Waals surface area contributed by atoms with Gasteiger partial charge in [-0.25, -0.2) is 9.59 Å². The monoisotopic (exact) mass is 398 g/mol. The fourth-order valence-corrected chi connectivity index (χ4v) is 3.42. The summed E-state index contributed by atoms with van der Waals surface area (Å²) in [6, 6.07) is 16.7. The van der Waals surface area contributed by atoms with E-state index < -0.39 is 6.09 Å². The molecule has 1 amide bonds. The highest BCUT2D eigenvalue weighted by atomic mass is 16.5. The van der Waals surface area contributed by atoms with Gasteiger partial charge in [0.05, 0.1) is 24.8 Å². The van der Waals surface area contributed by atoms with Crippen LogP contribution in [0.15, 0.2) is 54.6 Å². The molecule has 2 unspecified atom stereocenters. The van der Waals surface area contributed by atoms with Crippen LogP contribution in [0, 0.1) is 0 Å². The normalized spacial score (nSPS) is 18.8. The van der Waals surface area contributed by atoms with Crippen LogP contribution in [0.5, 0.6) is 0 Å². The molecule has 0 radical (unpaired) electrons. The number of nitrogens with one attached hydrogen (secondary N) is 1. The Labute approximate surface area is 170 Å². The van der Waals surface area contributed by atoms with E-state index in [2.05, 4.69) is 10.2 Å². The van der Waals surface area contributed by atoms with Gasteiger partial charge in [-0.05, 0) is 30.2 Å². The predicted octanol–water partition coefficient (Wildman–Crippen LogP) is 2.99. The van der Waals surface area contributed by atoms with Gasteiger partial charge in [-0.2, -0.15) is 0 Å². The number of hydrogen-bond donors (Lipinski definition) is 1. The summed E-state index contributed by atoms with van der Waals surface area (Å²) in [5.74, 6) is -0.368. The molecule has 0 aromatic heterocycles. The van der Waals surface area contributed by atoms with E-state index in [1.807, 2.05) is 42.5 Å². The predicted molar refractivity (Wildman–Crippen MR) is 109 cm³/mol. The highest BCUT2D eigenvalue weighted by Gasteiger charge is 2.31. The second-order valence-corrected chi connectivity index (χ2v) is 6.86. The molecule has 0 spiro atoms. The average molecular weight is 398 g/mol. The van der Waals surface area contributed by atoms with Crippen molar-refractivity contribution in [2.45, 2.75) is 25.2 Å². The third kappa shape index (κ3) is 5.48. The number of amides is 1. The lowest BCUT2D eigenvalue weighted by molar-refractivity contribution is 0.0545. The zero-order valence-corrected chi connectivity index (χ0v) is 16.7. The number of carbonyl (C=O) groups is 2. The van der Waals surface area contributed by atoms with Gasteiger partial charge < -0.3 is 24.4 Å². The molecule has 1 aliphatic heterocycles. The zero-order chi connectivity index (χ0) is 20.6. The molecule has 2 aromatic carbocycles. The lowest BCUT2D eigenvalue weighted by Gasteiger charge is -2.39. The van der Waals surface area contributed by atoms with Crippen LogP contribution in [0.4, 0.5) is 10.5 Å². The maximum absolute atomic E-state index is 12.2. The first-order valence-electron chi connectivity index (χ1n) is 9.54. The molecule has 0 aliphatic carbocycles. The number of benzene rings is 2. The number of nitrogens with zero attached hydrogens (tertiary/aromatic N) is 1. The quantitative estimate of drug-likeness (QED) is 0.754. The molecular weight excluding hydrogens is 372 g/mol. The highest BCUT2D eigenvalue weighted by Crippen LogP contribution is 2.23. The number of piperidine rings is 1. The van der Waals surface area contributed by atoms with Crippen molar-refractivity contribution in [1.29, 1.82) is 0 Å². The Morgan fingerprint density at radius 1 is 1.10 bits per heavy atom. The first-order chi connectivity index (χ1) is 14.1. The average Bonchev–Trinajstić information content (AvgIpc) is 2.78. The minimum atomic E-state index is -0.456. The van der Waals surface area contributed by atoms with Gasteiger partial charge in [-0.3, -0.25) is 0 Å². The Bertz CT molecular complexity index is 827. The van der Waals surface area contributed by atoms with E-state index in [4.69, 9.17) is 14.2 Å². The van der Waals surface area contributed by atoms with Crippen LogP contribution in [0.25, 0.3) is 0 Å². The largest absolute Gasteiger partial charge is 0.465 e. The molecule has 7 heteroatoms. The first-order valence-corrected chi connectivity index (χ1v) is 9.54. The lowest BCUT2D eigenvalue weighted by atomic mass is 10.0. The summed E-state index contributed by atoms with van der Waals surface area (Å²) in [5, 5.41) is 2.91. The number of anilines is 1. The van der Waals surface area contributed by atoms with E-state index in [1.54, 1.807) is 19.2 Å². The van der Waals surface area contributed by atoms with Gasteiger partial charge in [-0.15, -0.1) is 0 Å². The topological polar surface area (TPSA) is 77.1 Å². The van der Waals surface area contributed by atoms with E-state index in [0.717, 1.165) is 11.3 Å². The van der Waals surface area contributed by atoms with E-state index in [1.165, 1.54) is 7.11 Å². The number of ether oxygens (including phenoxy) is 3. The van der Waals surface area contributed by atoms with Crippen LogP contribution < -0.4 is 10.2 Å². The maximum atomic E-state index is 12.2. The summed E-state index contributed by atoms with van der Waals surface area (Å²) < 4.78 is 15.7. The van der Waals surface area contributed by atoms with Crippen molar-refractivity contribution in [2.24, 2.45) is 0 Å². The van der Waals surface area contributed by atoms with Crippen molar-refractivity contribution in [3.63, 3.8) is 0 Å². The summed E-state index contributed by atoms with van der Waals surface area (Å²) in [7, 11) is 2.99. The summed E-state index contributed by atoms with van der Waals surface area (Å²) in [4.78, 5) is 26.1. The van der Waals surface area contributed by atoms with Crippen molar-refractivity contribution in [1.82, 2.24) is 5.32 Å². The third-order valence-corrected chi connectivity index (χ3v) is 5.01. The Morgan fingerprint density at radius 3 is 2.62 bits per heavy atom. The molecule has 2 aromatic rings. The van der Waals surface area contributed by atoms with Crippen molar-refractivity contribution in [2.75, 3.05) is 32.2 Å². The SMILES string of the molecule is COC(=O)c1cccc(N2CCC(NC(=O)OCc3ccccc3)C(OC)C2)c1. The minimum Gasteiger partial charge on any atom is -0.465 e. The molecule has 1 aliphatic rings. The van der Waals surface area contributed by atoms with Crippen molar-refractivity contribution >= 4 is 17.7 Å². The Hall–Kier alpha value is -3.06. The molecule has 7 nitrogen and oxygen atoms in total. The van der Waals surface area contributed by atoms with Crippen LogP contribution in [0.1, 0.15) is 22.3 Å². The molecule has 1 heterocycles. The van der Waals surface area contributed by atoms with Crippen molar-refractivity contribution < 1.29 is 23.8 Å². The lowest BCUT2D eigenvalue weighted by Crippen LogP contribution is -2.55. The minimum absolute atomic E-state index is 0.150. The highest BCUT2D eigenvalue weighted by molar-refractivity contribution is 5.90. The van der Waals surface area contributed by atoms with Crippen LogP contribution in [0.3, 0.4) is 0 Å². The molecule has 29 heavy (non-hydrogen) atoms. The van der Waals surface area contributed by atoms with Gasteiger partial charge in [0.1, 0.15) is 6.61 Å². The molecule has 2 atom stereocenters. The summed E-state index contributed by atoms with van der Waals surface area (Å²) >= 11 is 0. The molecule has 0 bridgehead atoms.